The van der Waals surface area contributed by atoms with Crippen molar-refractivity contribution < 1.29 is 28.5 Å². The van der Waals surface area contributed by atoms with E-state index in [9.17, 15) is 9.59 Å². The van der Waals surface area contributed by atoms with Crippen molar-refractivity contribution in [2.75, 3.05) is 19.8 Å². The molecule has 9 heteroatoms. The average Bonchev–Trinajstić information content (AvgIpc) is 2.88. The summed E-state index contributed by atoms with van der Waals surface area (Å²) in [4.78, 5) is 27.8. The fourth-order valence-electron chi connectivity index (χ4n) is 4.17. The zero-order chi connectivity index (χ0) is 29.9. The molecule has 0 bridgehead atoms. The van der Waals surface area contributed by atoms with Crippen LogP contribution in [-0.2, 0) is 9.53 Å². The summed E-state index contributed by atoms with van der Waals surface area (Å²) < 4.78 is 23.0. The topological polar surface area (TPSA) is 124 Å². The molecule has 0 aliphatic rings. The first-order valence-corrected chi connectivity index (χ1v) is 13.9. The Balaban J connectivity index is 2.02. The van der Waals surface area contributed by atoms with Gasteiger partial charge in [-0.05, 0) is 104 Å². The van der Waals surface area contributed by atoms with E-state index in [1.54, 1.807) is 68.1 Å². The van der Waals surface area contributed by atoms with Crippen LogP contribution < -0.4 is 19.9 Å². The molecular weight excluding hydrogens is 510 g/mol. The van der Waals surface area contributed by atoms with Crippen molar-refractivity contribution in [3.8, 4) is 17.2 Å². The minimum Gasteiger partial charge on any atom is -0.494 e. The Bertz CT molecular complexity index is 1120. The van der Waals surface area contributed by atoms with Gasteiger partial charge >= 0.3 is 5.97 Å². The minimum atomic E-state index is -1.30. The number of amides is 1. The van der Waals surface area contributed by atoms with Crippen LogP contribution in [0, 0.1) is 5.41 Å². The third kappa shape index (κ3) is 9.47. The molecule has 0 aliphatic heterocycles. The standard InChI is InChI=1S/C31H45N3O6/c1-8-37-30(36)31(6,7)40-27-20-25(16-17-26(27)29(35)34(21(2)3)22(4)5)39-19-11-9-10-18-38-24-14-12-23(13-15-24)28(32)33/h12-17,20-22H,8-11,18-19H2,1-7H3,(H3,32,33). The van der Waals surface area contributed by atoms with Crippen LogP contribution in [0.25, 0.3) is 0 Å². The van der Waals surface area contributed by atoms with Gasteiger partial charge in [-0.1, -0.05) is 0 Å². The number of nitrogens with one attached hydrogen (secondary N) is 1. The van der Waals surface area contributed by atoms with Crippen molar-refractivity contribution >= 4 is 17.7 Å². The van der Waals surface area contributed by atoms with E-state index in [2.05, 4.69) is 0 Å². The summed E-state index contributed by atoms with van der Waals surface area (Å²) in [5.41, 5.74) is 5.20. The molecule has 0 aromatic heterocycles. The van der Waals surface area contributed by atoms with E-state index in [0.717, 1.165) is 25.0 Å². The maximum atomic E-state index is 13.5. The van der Waals surface area contributed by atoms with Crippen molar-refractivity contribution in [1.82, 2.24) is 4.90 Å². The predicted molar refractivity (Wildman–Crippen MR) is 157 cm³/mol. The van der Waals surface area contributed by atoms with Crippen molar-refractivity contribution in [3.63, 3.8) is 0 Å². The molecule has 2 aromatic carbocycles. The van der Waals surface area contributed by atoms with Crippen molar-refractivity contribution in [2.24, 2.45) is 5.73 Å². The number of rotatable bonds is 16. The summed E-state index contributed by atoms with van der Waals surface area (Å²) in [6.07, 6.45) is 2.57. The van der Waals surface area contributed by atoms with Crippen LogP contribution in [0.5, 0.6) is 17.2 Å². The van der Waals surface area contributed by atoms with Gasteiger partial charge in [0.05, 0.1) is 25.4 Å². The summed E-state index contributed by atoms with van der Waals surface area (Å²) >= 11 is 0. The van der Waals surface area contributed by atoms with E-state index in [0.29, 0.717) is 30.1 Å². The highest BCUT2D eigenvalue weighted by atomic mass is 16.6. The number of esters is 1. The third-order valence-electron chi connectivity index (χ3n) is 6.15. The summed E-state index contributed by atoms with van der Waals surface area (Å²) in [6, 6.07) is 12.2. The minimum absolute atomic E-state index is 0.0155. The second-order valence-corrected chi connectivity index (χ2v) is 10.6. The van der Waals surface area contributed by atoms with Crippen LogP contribution in [0.2, 0.25) is 0 Å². The van der Waals surface area contributed by atoms with Gasteiger partial charge in [-0.2, -0.15) is 0 Å². The van der Waals surface area contributed by atoms with Gasteiger partial charge in [0.15, 0.2) is 5.60 Å². The molecule has 2 aromatic rings. The molecule has 0 unspecified atom stereocenters. The summed E-state index contributed by atoms with van der Waals surface area (Å²) in [5, 5.41) is 7.44. The van der Waals surface area contributed by atoms with Crippen LogP contribution >= 0.6 is 0 Å². The van der Waals surface area contributed by atoms with Gasteiger partial charge in [-0.25, -0.2) is 4.79 Å². The zero-order valence-electron chi connectivity index (χ0n) is 24.9. The molecule has 0 fully saturated rings. The number of unbranched alkanes of at least 4 members (excludes halogenated alkanes) is 2. The number of nitrogen functional groups attached to an aromatic ring is 1. The average molecular weight is 556 g/mol. The van der Waals surface area contributed by atoms with Crippen LogP contribution in [0.15, 0.2) is 42.5 Å². The lowest BCUT2D eigenvalue weighted by Crippen LogP contribution is -2.43. The van der Waals surface area contributed by atoms with Gasteiger partial charge in [0.1, 0.15) is 23.1 Å². The molecule has 0 saturated heterocycles. The Labute approximate surface area is 238 Å². The van der Waals surface area contributed by atoms with Gasteiger partial charge in [0, 0.05) is 23.7 Å². The van der Waals surface area contributed by atoms with E-state index < -0.39 is 11.6 Å². The smallest absolute Gasteiger partial charge is 0.349 e. The monoisotopic (exact) mass is 555 g/mol. The third-order valence-corrected chi connectivity index (χ3v) is 6.15. The summed E-state index contributed by atoms with van der Waals surface area (Å²) in [5.74, 6) is 0.901. The lowest BCUT2D eigenvalue weighted by Gasteiger charge is -2.32. The van der Waals surface area contributed by atoms with Crippen molar-refractivity contribution in [1.29, 1.82) is 5.41 Å². The van der Waals surface area contributed by atoms with Crippen molar-refractivity contribution in [2.45, 2.75) is 85.4 Å². The van der Waals surface area contributed by atoms with Crippen LogP contribution in [0.3, 0.4) is 0 Å². The molecule has 40 heavy (non-hydrogen) atoms. The number of amidine groups is 1. The summed E-state index contributed by atoms with van der Waals surface area (Å²) in [6.45, 7) is 14.1. The first-order chi connectivity index (χ1) is 18.9. The maximum Gasteiger partial charge on any atom is 0.349 e. The van der Waals surface area contributed by atoms with E-state index in [1.165, 1.54) is 0 Å². The molecule has 0 spiro atoms. The molecule has 0 atom stereocenters. The number of carbonyl (C=O) groups excluding carboxylic acids is 2. The molecular formula is C31H45N3O6. The normalized spacial score (nSPS) is 11.3. The lowest BCUT2D eigenvalue weighted by molar-refractivity contribution is -0.158. The Hall–Kier alpha value is -3.75. The Morgan fingerprint density at radius 2 is 1.45 bits per heavy atom. The highest BCUT2D eigenvalue weighted by Gasteiger charge is 2.34. The van der Waals surface area contributed by atoms with Crippen LogP contribution in [0.4, 0.5) is 0 Å². The molecule has 2 rings (SSSR count). The fraction of sp³-hybridized carbons (Fsp3) is 0.516. The Morgan fingerprint density at radius 1 is 0.900 bits per heavy atom. The number of hydrogen-bond acceptors (Lipinski definition) is 7. The highest BCUT2D eigenvalue weighted by molar-refractivity contribution is 5.98. The number of carbonyl (C=O) groups is 2. The largest absolute Gasteiger partial charge is 0.494 e. The van der Waals surface area contributed by atoms with Gasteiger partial charge in [-0.3, -0.25) is 10.2 Å². The quantitative estimate of drug-likeness (QED) is 0.120. The number of nitrogens with zero attached hydrogens (tertiary/aromatic N) is 1. The molecule has 0 aliphatic carbocycles. The first-order valence-electron chi connectivity index (χ1n) is 13.9. The second kappa shape index (κ2) is 15.1. The van der Waals surface area contributed by atoms with Gasteiger partial charge in [0.2, 0.25) is 0 Å². The van der Waals surface area contributed by atoms with Gasteiger partial charge in [-0.15, -0.1) is 0 Å². The number of ether oxygens (including phenoxy) is 4. The molecule has 3 N–H and O–H groups in total. The lowest BCUT2D eigenvalue weighted by atomic mass is 10.1. The summed E-state index contributed by atoms with van der Waals surface area (Å²) in [7, 11) is 0. The Morgan fingerprint density at radius 3 is 1.98 bits per heavy atom. The van der Waals surface area contributed by atoms with Gasteiger partial charge < -0.3 is 29.6 Å². The van der Waals surface area contributed by atoms with E-state index >= 15 is 0 Å². The van der Waals surface area contributed by atoms with Crippen LogP contribution in [-0.4, -0.2) is 60.1 Å². The van der Waals surface area contributed by atoms with Gasteiger partial charge in [0.25, 0.3) is 5.91 Å². The van der Waals surface area contributed by atoms with E-state index in [4.69, 9.17) is 30.1 Å². The predicted octanol–water partition coefficient (Wildman–Crippen LogP) is 5.58. The van der Waals surface area contributed by atoms with Crippen molar-refractivity contribution in [3.05, 3.63) is 53.6 Å². The van der Waals surface area contributed by atoms with Crippen LogP contribution in [0.1, 0.15) is 83.7 Å². The highest BCUT2D eigenvalue weighted by Crippen LogP contribution is 2.31. The molecule has 0 radical (unpaired) electrons. The SMILES string of the molecule is CCOC(=O)C(C)(C)Oc1cc(OCCCCCOc2ccc(C(=N)N)cc2)ccc1C(=O)N(C(C)C)C(C)C. The van der Waals surface area contributed by atoms with E-state index in [1.807, 2.05) is 27.7 Å². The van der Waals surface area contributed by atoms with E-state index in [-0.39, 0.29) is 36.2 Å². The zero-order valence-corrected chi connectivity index (χ0v) is 24.9. The Kier molecular flexibility index (Phi) is 12.3. The number of hydrogen-bond donors (Lipinski definition) is 2. The number of nitrogens with two attached hydrogens (primary N) is 1. The molecule has 0 heterocycles. The second-order valence-electron chi connectivity index (χ2n) is 10.6. The molecule has 220 valence electrons. The fourth-order valence-corrected chi connectivity index (χ4v) is 4.17. The molecule has 9 nitrogen and oxygen atoms in total. The first kappa shape index (κ1) is 32.5. The number of benzene rings is 2. The molecule has 1 amide bonds. The maximum absolute atomic E-state index is 13.5. The molecule has 0 saturated carbocycles.